The molecule has 0 saturated heterocycles. The normalized spacial score (nSPS) is 11.5. The fourth-order valence-electron chi connectivity index (χ4n) is 1.44. The minimum absolute atomic E-state index is 0.0748. The van der Waals surface area contributed by atoms with E-state index in [1.807, 2.05) is 26.8 Å². The number of benzene rings is 1. The Morgan fingerprint density at radius 2 is 2.12 bits per heavy atom. The molecule has 94 valence electrons. The zero-order valence-corrected chi connectivity index (χ0v) is 10.6. The Bertz CT molecular complexity index is 414. The maximum atomic E-state index is 11.0. The first-order chi connectivity index (χ1) is 7.85. The molecule has 4 heteroatoms. The highest BCUT2D eigenvalue weighted by Crippen LogP contribution is 2.12. The lowest BCUT2D eigenvalue weighted by atomic mass is 10.0. The molecule has 0 aliphatic heterocycles. The molecule has 0 spiro atoms. The number of aliphatic hydroxyl groups excluding tert-OH is 1. The van der Waals surface area contributed by atoms with Crippen molar-refractivity contribution in [1.29, 1.82) is 0 Å². The monoisotopic (exact) mass is 236 g/mol. The number of nitrogens with two attached hydrogens (primary N) is 1. The summed E-state index contributed by atoms with van der Waals surface area (Å²) in [7, 11) is 0. The highest BCUT2D eigenvalue weighted by atomic mass is 16.3. The number of hydrogen-bond donors (Lipinski definition) is 3. The van der Waals surface area contributed by atoms with Crippen LogP contribution < -0.4 is 11.1 Å². The Morgan fingerprint density at radius 1 is 1.47 bits per heavy atom. The van der Waals surface area contributed by atoms with E-state index in [4.69, 9.17) is 10.8 Å². The molecule has 0 atom stereocenters. The Kier molecular flexibility index (Phi) is 4.26. The molecule has 1 aromatic rings. The number of aliphatic hydroxyl groups is 1. The molecule has 17 heavy (non-hydrogen) atoms. The van der Waals surface area contributed by atoms with Crippen LogP contribution in [0.4, 0.5) is 0 Å². The number of rotatable bonds is 5. The molecular formula is C13H20N2O2. The zero-order chi connectivity index (χ0) is 13.1. The van der Waals surface area contributed by atoms with Crippen molar-refractivity contribution in [2.24, 2.45) is 5.73 Å². The van der Waals surface area contributed by atoms with E-state index >= 15 is 0 Å². The van der Waals surface area contributed by atoms with Crippen molar-refractivity contribution in [1.82, 2.24) is 5.32 Å². The van der Waals surface area contributed by atoms with E-state index < -0.39 is 5.91 Å². The van der Waals surface area contributed by atoms with Gasteiger partial charge in [-0.05, 0) is 44.0 Å². The van der Waals surface area contributed by atoms with E-state index in [-0.39, 0.29) is 12.1 Å². The first kappa shape index (κ1) is 13.7. The number of carbonyl (C=O) groups is 1. The standard InChI is InChI=1S/C13H20N2O2/c1-9-6-10(12(14)17)4-5-11(9)7-15-13(2,3)8-16/h4-6,15-16H,7-8H2,1-3H3,(H2,14,17). The summed E-state index contributed by atoms with van der Waals surface area (Å²) < 4.78 is 0. The summed E-state index contributed by atoms with van der Waals surface area (Å²) in [6.07, 6.45) is 0. The third-order valence-corrected chi connectivity index (χ3v) is 2.78. The molecule has 0 aliphatic carbocycles. The summed E-state index contributed by atoms with van der Waals surface area (Å²) in [4.78, 5) is 11.0. The van der Waals surface area contributed by atoms with Crippen LogP contribution in [0.5, 0.6) is 0 Å². The smallest absolute Gasteiger partial charge is 0.248 e. The van der Waals surface area contributed by atoms with Crippen molar-refractivity contribution in [3.8, 4) is 0 Å². The van der Waals surface area contributed by atoms with Crippen LogP contribution in [-0.4, -0.2) is 23.2 Å². The molecule has 0 fully saturated rings. The van der Waals surface area contributed by atoms with E-state index in [1.165, 1.54) is 0 Å². The molecule has 1 aromatic carbocycles. The summed E-state index contributed by atoms with van der Waals surface area (Å²) in [6.45, 7) is 6.53. The molecule has 0 radical (unpaired) electrons. The second-order valence-electron chi connectivity index (χ2n) is 4.90. The lowest BCUT2D eigenvalue weighted by molar-refractivity contribution is 0.1000. The topological polar surface area (TPSA) is 75.4 Å². The molecule has 0 heterocycles. The van der Waals surface area contributed by atoms with Gasteiger partial charge in [0.05, 0.1) is 6.61 Å². The molecule has 0 aliphatic rings. The van der Waals surface area contributed by atoms with Crippen LogP contribution >= 0.6 is 0 Å². The van der Waals surface area contributed by atoms with Crippen LogP contribution in [0.1, 0.15) is 35.3 Å². The Labute approximate surface area is 102 Å². The van der Waals surface area contributed by atoms with Crippen molar-refractivity contribution in [3.05, 3.63) is 34.9 Å². The molecule has 0 saturated carbocycles. The van der Waals surface area contributed by atoms with Gasteiger partial charge in [0, 0.05) is 17.6 Å². The van der Waals surface area contributed by atoms with Gasteiger partial charge in [0.15, 0.2) is 0 Å². The number of amides is 1. The van der Waals surface area contributed by atoms with E-state index in [9.17, 15) is 4.79 Å². The molecule has 4 nitrogen and oxygen atoms in total. The Hall–Kier alpha value is -1.39. The van der Waals surface area contributed by atoms with E-state index in [2.05, 4.69) is 5.32 Å². The molecular weight excluding hydrogens is 216 g/mol. The zero-order valence-electron chi connectivity index (χ0n) is 10.6. The summed E-state index contributed by atoms with van der Waals surface area (Å²) in [6, 6.07) is 5.39. The van der Waals surface area contributed by atoms with Crippen LogP contribution in [-0.2, 0) is 6.54 Å². The highest BCUT2D eigenvalue weighted by molar-refractivity contribution is 5.93. The van der Waals surface area contributed by atoms with Gasteiger partial charge in [0.1, 0.15) is 0 Å². The van der Waals surface area contributed by atoms with Crippen molar-refractivity contribution in [3.63, 3.8) is 0 Å². The number of carbonyl (C=O) groups excluding carboxylic acids is 1. The number of hydrogen-bond acceptors (Lipinski definition) is 3. The van der Waals surface area contributed by atoms with E-state index in [0.29, 0.717) is 12.1 Å². The van der Waals surface area contributed by atoms with E-state index in [0.717, 1.165) is 11.1 Å². The molecule has 0 aromatic heterocycles. The number of nitrogens with one attached hydrogen (secondary N) is 1. The lowest BCUT2D eigenvalue weighted by Crippen LogP contribution is -2.42. The van der Waals surface area contributed by atoms with Crippen LogP contribution in [0.3, 0.4) is 0 Å². The third-order valence-electron chi connectivity index (χ3n) is 2.78. The van der Waals surface area contributed by atoms with Gasteiger partial charge >= 0.3 is 0 Å². The van der Waals surface area contributed by atoms with Crippen molar-refractivity contribution < 1.29 is 9.90 Å². The second kappa shape index (κ2) is 5.29. The van der Waals surface area contributed by atoms with Crippen LogP contribution in [0.25, 0.3) is 0 Å². The first-order valence-electron chi connectivity index (χ1n) is 5.61. The van der Waals surface area contributed by atoms with Gasteiger partial charge in [0.2, 0.25) is 5.91 Å². The quantitative estimate of drug-likeness (QED) is 0.712. The van der Waals surface area contributed by atoms with Gasteiger partial charge in [-0.3, -0.25) is 4.79 Å². The fourth-order valence-corrected chi connectivity index (χ4v) is 1.44. The maximum absolute atomic E-state index is 11.0. The largest absolute Gasteiger partial charge is 0.394 e. The van der Waals surface area contributed by atoms with E-state index in [1.54, 1.807) is 12.1 Å². The summed E-state index contributed by atoms with van der Waals surface area (Å²) in [5, 5.41) is 12.4. The average Bonchev–Trinajstić information content (AvgIpc) is 2.27. The predicted octanol–water partition coefficient (Wildman–Crippen LogP) is 0.954. The van der Waals surface area contributed by atoms with Gasteiger partial charge < -0.3 is 16.2 Å². The van der Waals surface area contributed by atoms with Crippen molar-refractivity contribution >= 4 is 5.91 Å². The minimum Gasteiger partial charge on any atom is -0.394 e. The maximum Gasteiger partial charge on any atom is 0.248 e. The predicted molar refractivity (Wildman–Crippen MR) is 67.7 cm³/mol. The Balaban J connectivity index is 2.77. The molecule has 1 rings (SSSR count). The minimum atomic E-state index is -0.414. The van der Waals surface area contributed by atoms with Gasteiger partial charge in [-0.2, -0.15) is 0 Å². The van der Waals surface area contributed by atoms with Gasteiger partial charge in [-0.25, -0.2) is 0 Å². The molecule has 0 unspecified atom stereocenters. The Morgan fingerprint density at radius 3 is 2.59 bits per heavy atom. The summed E-state index contributed by atoms with van der Waals surface area (Å²) in [5.74, 6) is -0.414. The van der Waals surface area contributed by atoms with Crippen LogP contribution in [0.2, 0.25) is 0 Å². The first-order valence-corrected chi connectivity index (χ1v) is 5.61. The SMILES string of the molecule is Cc1cc(C(N)=O)ccc1CNC(C)(C)CO. The molecule has 0 bridgehead atoms. The summed E-state index contributed by atoms with van der Waals surface area (Å²) >= 11 is 0. The van der Waals surface area contributed by atoms with Crippen LogP contribution in [0.15, 0.2) is 18.2 Å². The highest BCUT2D eigenvalue weighted by Gasteiger charge is 2.15. The van der Waals surface area contributed by atoms with Crippen molar-refractivity contribution in [2.45, 2.75) is 32.9 Å². The molecule has 1 amide bonds. The van der Waals surface area contributed by atoms with Gasteiger partial charge in [-0.1, -0.05) is 6.07 Å². The lowest BCUT2D eigenvalue weighted by Gasteiger charge is -2.24. The fraction of sp³-hybridized carbons (Fsp3) is 0.462. The number of aryl methyl sites for hydroxylation is 1. The van der Waals surface area contributed by atoms with Crippen molar-refractivity contribution in [2.75, 3.05) is 6.61 Å². The third kappa shape index (κ3) is 3.84. The number of primary amides is 1. The van der Waals surface area contributed by atoms with Gasteiger partial charge in [0.25, 0.3) is 0 Å². The van der Waals surface area contributed by atoms with Gasteiger partial charge in [-0.15, -0.1) is 0 Å². The second-order valence-corrected chi connectivity index (χ2v) is 4.90. The molecule has 4 N–H and O–H groups in total. The average molecular weight is 236 g/mol. The summed E-state index contributed by atoms with van der Waals surface area (Å²) in [5.41, 5.74) is 7.53. The van der Waals surface area contributed by atoms with Crippen LogP contribution in [0, 0.1) is 6.92 Å².